The van der Waals surface area contributed by atoms with Gasteiger partial charge in [0.25, 0.3) is 5.91 Å². The molecule has 8 heteroatoms. The SMILES string of the molecule is O=C(CNC(=O)c1ccc(-c2ccc3c(c2)OCCO3)s1)NCc1ccco1. The first kappa shape index (κ1) is 18.1. The highest BCUT2D eigenvalue weighted by molar-refractivity contribution is 7.17. The van der Waals surface area contributed by atoms with Crippen molar-refractivity contribution in [2.75, 3.05) is 19.8 Å². The van der Waals surface area contributed by atoms with E-state index in [1.165, 1.54) is 11.3 Å². The molecule has 0 aliphatic carbocycles. The van der Waals surface area contributed by atoms with Gasteiger partial charge in [0.2, 0.25) is 5.91 Å². The van der Waals surface area contributed by atoms with Crippen LogP contribution >= 0.6 is 11.3 Å². The van der Waals surface area contributed by atoms with Crippen LogP contribution in [0.5, 0.6) is 11.5 Å². The van der Waals surface area contributed by atoms with E-state index in [-0.39, 0.29) is 24.9 Å². The molecule has 28 heavy (non-hydrogen) atoms. The molecule has 2 amide bonds. The predicted molar refractivity (Wildman–Crippen MR) is 104 cm³/mol. The lowest BCUT2D eigenvalue weighted by Crippen LogP contribution is -2.36. The van der Waals surface area contributed by atoms with Crippen LogP contribution in [0.25, 0.3) is 10.4 Å². The van der Waals surface area contributed by atoms with Gasteiger partial charge in [0.1, 0.15) is 19.0 Å². The van der Waals surface area contributed by atoms with Gasteiger partial charge in [-0.15, -0.1) is 11.3 Å². The molecule has 0 atom stereocenters. The number of carbonyl (C=O) groups excluding carboxylic acids is 2. The Balaban J connectivity index is 1.33. The minimum absolute atomic E-state index is 0.100. The molecule has 2 aromatic heterocycles. The Kier molecular flexibility index (Phi) is 5.29. The van der Waals surface area contributed by atoms with Crippen LogP contribution in [0.4, 0.5) is 0 Å². The minimum atomic E-state index is -0.290. The highest BCUT2D eigenvalue weighted by atomic mass is 32.1. The molecule has 0 saturated heterocycles. The molecule has 1 aliphatic heterocycles. The molecular formula is C20H18N2O5S. The van der Waals surface area contributed by atoms with Crippen LogP contribution in [0.1, 0.15) is 15.4 Å². The topological polar surface area (TPSA) is 89.8 Å². The van der Waals surface area contributed by atoms with Gasteiger partial charge in [-0.1, -0.05) is 0 Å². The van der Waals surface area contributed by atoms with E-state index in [0.29, 0.717) is 29.6 Å². The molecule has 7 nitrogen and oxygen atoms in total. The van der Waals surface area contributed by atoms with Crippen molar-refractivity contribution in [3.8, 4) is 21.9 Å². The van der Waals surface area contributed by atoms with Crippen LogP contribution in [0.3, 0.4) is 0 Å². The molecule has 0 saturated carbocycles. The summed E-state index contributed by atoms with van der Waals surface area (Å²) < 4.78 is 16.3. The Morgan fingerprint density at radius 1 is 1.00 bits per heavy atom. The molecular weight excluding hydrogens is 380 g/mol. The summed E-state index contributed by atoms with van der Waals surface area (Å²) >= 11 is 1.35. The van der Waals surface area contributed by atoms with E-state index in [9.17, 15) is 9.59 Å². The fraction of sp³-hybridized carbons (Fsp3) is 0.200. The maximum absolute atomic E-state index is 12.3. The Morgan fingerprint density at radius 2 is 1.86 bits per heavy atom. The zero-order valence-corrected chi connectivity index (χ0v) is 15.7. The number of amides is 2. The molecule has 1 aromatic carbocycles. The smallest absolute Gasteiger partial charge is 0.261 e. The lowest BCUT2D eigenvalue weighted by atomic mass is 10.1. The molecule has 3 heterocycles. The molecule has 4 rings (SSSR count). The number of benzene rings is 1. The van der Waals surface area contributed by atoms with Crippen molar-refractivity contribution >= 4 is 23.2 Å². The second-order valence-electron chi connectivity index (χ2n) is 6.06. The standard InChI is InChI=1S/C20H18N2O5S/c23-19(21-11-14-2-1-7-25-14)12-22-20(24)18-6-5-17(28-18)13-3-4-15-16(10-13)27-9-8-26-15/h1-7,10H,8-9,11-12H2,(H,21,23)(H,22,24). The van der Waals surface area contributed by atoms with Gasteiger partial charge in [-0.05, 0) is 48.0 Å². The first-order chi connectivity index (χ1) is 13.7. The van der Waals surface area contributed by atoms with Crippen LogP contribution in [0, 0.1) is 0 Å². The quantitative estimate of drug-likeness (QED) is 0.666. The first-order valence-corrected chi connectivity index (χ1v) is 9.58. The number of fused-ring (bicyclic) bond motifs is 1. The van der Waals surface area contributed by atoms with Crippen molar-refractivity contribution in [2.24, 2.45) is 0 Å². The number of ether oxygens (including phenoxy) is 2. The van der Waals surface area contributed by atoms with Crippen molar-refractivity contribution in [3.05, 3.63) is 59.4 Å². The van der Waals surface area contributed by atoms with Gasteiger partial charge in [0.05, 0.1) is 24.2 Å². The fourth-order valence-corrected chi connectivity index (χ4v) is 3.64. The minimum Gasteiger partial charge on any atom is -0.486 e. The average Bonchev–Trinajstić information content (AvgIpc) is 3.42. The highest BCUT2D eigenvalue weighted by Gasteiger charge is 2.15. The number of thiophene rings is 1. The monoisotopic (exact) mass is 398 g/mol. The second kappa shape index (κ2) is 8.18. The fourth-order valence-electron chi connectivity index (χ4n) is 2.72. The first-order valence-electron chi connectivity index (χ1n) is 8.76. The van der Waals surface area contributed by atoms with E-state index in [0.717, 1.165) is 16.2 Å². The van der Waals surface area contributed by atoms with Crippen LogP contribution in [-0.2, 0) is 11.3 Å². The molecule has 3 aromatic rings. The van der Waals surface area contributed by atoms with Gasteiger partial charge in [-0.2, -0.15) is 0 Å². The van der Waals surface area contributed by atoms with Crippen molar-refractivity contribution in [1.29, 1.82) is 0 Å². The van der Waals surface area contributed by atoms with Gasteiger partial charge in [-0.25, -0.2) is 0 Å². The van der Waals surface area contributed by atoms with Crippen molar-refractivity contribution in [2.45, 2.75) is 6.54 Å². The average molecular weight is 398 g/mol. The van der Waals surface area contributed by atoms with Crippen molar-refractivity contribution in [1.82, 2.24) is 10.6 Å². The summed E-state index contributed by atoms with van der Waals surface area (Å²) in [4.78, 5) is 25.6. The normalized spacial score (nSPS) is 12.4. The van der Waals surface area contributed by atoms with Crippen LogP contribution in [0.2, 0.25) is 0 Å². The third kappa shape index (κ3) is 4.17. The second-order valence-corrected chi connectivity index (χ2v) is 7.14. The molecule has 144 valence electrons. The number of hydrogen-bond donors (Lipinski definition) is 2. The number of rotatable bonds is 6. The maximum atomic E-state index is 12.3. The third-order valence-electron chi connectivity index (χ3n) is 4.11. The lowest BCUT2D eigenvalue weighted by molar-refractivity contribution is -0.120. The van der Waals surface area contributed by atoms with Crippen LogP contribution < -0.4 is 20.1 Å². The van der Waals surface area contributed by atoms with Crippen molar-refractivity contribution < 1.29 is 23.5 Å². The van der Waals surface area contributed by atoms with Gasteiger partial charge in [0.15, 0.2) is 11.5 Å². The van der Waals surface area contributed by atoms with Crippen molar-refractivity contribution in [3.63, 3.8) is 0 Å². The summed E-state index contributed by atoms with van der Waals surface area (Å²) in [6, 6.07) is 12.8. The lowest BCUT2D eigenvalue weighted by Gasteiger charge is -2.18. The van der Waals surface area contributed by atoms with Gasteiger partial charge in [-0.3, -0.25) is 9.59 Å². The molecule has 0 unspecified atom stereocenters. The zero-order chi connectivity index (χ0) is 19.3. The highest BCUT2D eigenvalue weighted by Crippen LogP contribution is 2.36. The van der Waals surface area contributed by atoms with E-state index >= 15 is 0 Å². The molecule has 0 bridgehead atoms. The molecule has 0 spiro atoms. The summed E-state index contributed by atoms with van der Waals surface area (Å²) in [5.74, 6) is 1.51. The number of furan rings is 1. The molecule has 2 N–H and O–H groups in total. The van der Waals surface area contributed by atoms with E-state index < -0.39 is 0 Å². The van der Waals surface area contributed by atoms with E-state index in [4.69, 9.17) is 13.9 Å². The molecule has 1 aliphatic rings. The summed E-state index contributed by atoms with van der Waals surface area (Å²) in [6.45, 7) is 1.26. The summed E-state index contributed by atoms with van der Waals surface area (Å²) in [6.07, 6.45) is 1.54. The van der Waals surface area contributed by atoms with Crippen LogP contribution in [0.15, 0.2) is 53.1 Å². The largest absolute Gasteiger partial charge is 0.486 e. The van der Waals surface area contributed by atoms with E-state index in [1.54, 1.807) is 24.5 Å². The van der Waals surface area contributed by atoms with E-state index in [1.807, 2.05) is 24.3 Å². The summed E-state index contributed by atoms with van der Waals surface area (Å²) in [7, 11) is 0. The number of carbonyl (C=O) groups is 2. The molecule has 0 fully saturated rings. The van der Waals surface area contributed by atoms with Gasteiger partial charge < -0.3 is 24.5 Å². The summed E-state index contributed by atoms with van der Waals surface area (Å²) in [5.41, 5.74) is 0.949. The van der Waals surface area contributed by atoms with Crippen LogP contribution in [-0.4, -0.2) is 31.6 Å². The Bertz CT molecular complexity index is 980. The predicted octanol–water partition coefficient (Wildman–Crippen LogP) is 2.83. The molecule has 0 radical (unpaired) electrons. The Labute approximate surface area is 165 Å². The number of hydrogen-bond acceptors (Lipinski definition) is 6. The zero-order valence-electron chi connectivity index (χ0n) is 14.9. The Morgan fingerprint density at radius 3 is 2.68 bits per heavy atom. The Hall–Kier alpha value is -3.26. The summed E-state index contributed by atoms with van der Waals surface area (Å²) in [5, 5.41) is 5.31. The van der Waals surface area contributed by atoms with Gasteiger partial charge >= 0.3 is 0 Å². The van der Waals surface area contributed by atoms with E-state index in [2.05, 4.69) is 10.6 Å². The third-order valence-corrected chi connectivity index (χ3v) is 5.24. The number of nitrogens with one attached hydrogen (secondary N) is 2. The van der Waals surface area contributed by atoms with Gasteiger partial charge in [0, 0.05) is 4.88 Å². The maximum Gasteiger partial charge on any atom is 0.261 e.